The highest BCUT2D eigenvalue weighted by Crippen LogP contribution is 2.46. The molecule has 0 fully saturated rings. The lowest BCUT2D eigenvalue weighted by atomic mass is 9.68. The smallest absolute Gasteiger partial charge is 0.0649 e. The zero-order chi connectivity index (χ0) is 11.8. The maximum absolute atomic E-state index is 9.56. The van der Waals surface area contributed by atoms with E-state index >= 15 is 0 Å². The number of hydrogen-bond acceptors (Lipinski definition) is 2. The topological polar surface area (TPSA) is 20.2 Å². The second-order valence-corrected chi connectivity index (χ2v) is 6.13. The Labute approximate surface area is 102 Å². The first-order valence-electron chi connectivity index (χ1n) is 5.89. The molecule has 1 aliphatic rings. The normalized spacial score (nSPS) is 24.9. The van der Waals surface area contributed by atoms with E-state index in [0.717, 1.165) is 0 Å². The quantitative estimate of drug-likeness (QED) is 0.771. The van der Waals surface area contributed by atoms with Gasteiger partial charge in [-0.3, -0.25) is 0 Å². The molecule has 2 heteroatoms. The van der Waals surface area contributed by atoms with Crippen LogP contribution in [0.25, 0.3) is 0 Å². The van der Waals surface area contributed by atoms with Gasteiger partial charge in [-0.25, -0.2) is 0 Å². The summed E-state index contributed by atoms with van der Waals surface area (Å²) in [7, 11) is 0. The average Bonchev–Trinajstić information content (AvgIpc) is 2.70. The first-order chi connectivity index (χ1) is 7.56. The largest absolute Gasteiger partial charge is 0.392 e. The van der Waals surface area contributed by atoms with E-state index in [2.05, 4.69) is 37.6 Å². The molecule has 0 saturated carbocycles. The Kier molecular flexibility index (Phi) is 3.22. The number of aliphatic hydroxyl groups excluding tert-OH is 1. The molecule has 1 atom stereocenters. The Bertz CT molecular complexity index is 387. The van der Waals surface area contributed by atoms with Gasteiger partial charge in [0.05, 0.1) is 6.61 Å². The molecule has 0 aromatic carbocycles. The van der Waals surface area contributed by atoms with Gasteiger partial charge in [0, 0.05) is 5.92 Å². The zero-order valence-corrected chi connectivity index (χ0v) is 11.1. The van der Waals surface area contributed by atoms with Gasteiger partial charge in [-0.05, 0) is 53.1 Å². The van der Waals surface area contributed by atoms with E-state index < -0.39 is 0 Å². The van der Waals surface area contributed by atoms with Gasteiger partial charge in [0.1, 0.15) is 0 Å². The molecule has 1 nitrogen and oxygen atoms in total. The van der Waals surface area contributed by atoms with Gasteiger partial charge < -0.3 is 5.11 Å². The van der Waals surface area contributed by atoms with Crippen LogP contribution in [0.15, 0.2) is 28.0 Å². The fourth-order valence-corrected chi connectivity index (χ4v) is 3.56. The molecule has 1 aliphatic carbocycles. The first kappa shape index (κ1) is 11.9. The van der Waals surface area contributed by atoms with Crippen LogP contribution in [0.3, 0.4) is 0 Å². The molecule has 2 rings (SSSR count). The molecule has 1 N–H and O–H groups in total. The molecule has 0 aliphatic heterocycles. The van der Waals surface area contributed by atoms with Crippen LogP contribution in [0.1, 0.15) is 45.1 Å². The molecule has 0 bridgehead atoms. The van der Waals surface area contributed by atoms with Crippen molar-refractivity contribution in [2.45, 2.75) is 39.5 Å². The predicted octanol–water partition coefficient (Wildman–Crippen LogP) is 3.96. The highest BCUT2D eigenvalue weighted by atomic mass is 32.1. The Morgan fingerprint density at radius 3 is 2.81 bits per heavy atom. The number of allylic oxidation sites excluding steroid dienone is 1. The van der Waals surface area contributed by atoms with E-state index in [4.69, 9.17) is 0 Å². The van der Waals surface area contributed by atoms with Crippen LogP contribution in [0.2, 0.25) is 0 Å². The highest BCUT2D eigenvalue weighted by molar-refractivity contribution is 7.08. The van der Waals surface area contributed by atoms with Gasteiger partial charge in [0.15, 0.2) is 0 Å². The molecular weight excluding hydrogens is 216 g/mol. The fourth-order valence-electron chi connectivity index (χ4n) is 2.85. The van der Waals surface area contributed by atoms with Crippen LogP contribution in [0, 0.1) is 5.41 Å². The van der Waals surface area contributed by atoms with Crippen LogP contribution in [0.5, 0.6) is 0 Å². The van der Waals surface area contributed by atoms with Crippen molar-refractivity contribution in [1.82, 2.24) is 0 Å². The Balaban J connectivity index is 2.39. The third-order valence-corrected chi connectivity index (χ3v) is 4.68. The molecule has 88 valence electrons. The molecule has 0 spiro atoms. The molecule has 1 aromatic rings. The van der Waals surface area contributed by atoms with Crippen molar-refractivity contribution in [3.05, 3.63) is 33.5 Å². The molecule has 0 amide bonds. The minimum atomic E-state index is 0.172. The Morgan fingerprint density at radius 1 is 1.50 bits per heavy atom. The summed E-state index contributed by atoms with van der Waals surface area (Å²) in [5, 5.41) is 13.9. The summed E-state index contributed by atoms with van der Waals surface area (Å²) < 4.78 is 0. The van der Waals surface area contributed by atoms with Crippen molar-refractivity contribution >= 4 is 11.3 Å². The number of rotatable bonds is 2. The van der Waals surface area contributed by atoms with Crippen molar-refractivity contribution in [2.24, 2.45) is 5.41 Å². The van der Waals surface area contributed by atoms with Gasteiger partial charge in [-0.1, -0.05) is 19.4 Å². The summed E-state index contributed by atoms with van der Waals surface area (Å²) in [6.45, 7) is 6.88. The maximum atomic E-state index is 9.56. The van der Waals surface area contributed by atoms with Crippen LogP contribution < -0.4 is 0 Å². The van der Waals surface area contributed by atoms with E-state index in [0.29, 0.717) is 5.92 Å². The lowest BCUT2D eigenvalue weighted by Crippen LogP contribution is -2.26. The van der Waals surface area contributed by atoms with E-state index in [1.165, 1.54) is 29.6 Å². The summed E-state index contributed by atoms with van der Waals surface area (Å²) in [4.78, 5) is 0. The van der Waals surface area contributed by atoms with Crippen LogP contribution in [0.4, 0.5) is 0 Å². The standard InChI is InChI=1S/C14H20OS/c1-10-12(11-5-7-16-9-11)4-6-14(2,3)13(10)8-15/h5,7,9,12,15H,4,6,8H2,1-3H3. The molecule has 16 heavy (non-hydrogen) atoms. The summed E-state index contributed by atoms with van der Waals surface area (Å²) in [5.74, 6) is 0.529. The number of hydrogen-bond donors (Lipinski definition) is 1. The van der Waals surface area contributed by atoms with Gasteiger partial charge in [0.2, 0.25) is 0 Å². The SMILES string of the molecule is CC1=C(CO)C(C)(C)CCC1c1ccsc1. The molecule has 0 radical (unpaired) electrons. The van der Waals surface area contributed by atoms with Crippen LogP contribution >= 0.6 is 11.3 Å². The third-order valence-electron chi connectivity index (χ3n) is 3.98. The van der Waals surface area contributed by atoms with E-state index in [9.17, 15) is 5.11 Å². The average molecular weight is 236 g/mol. The molecule has 1 unspecified atom stereocenters. The minimum absolute atomic E-state index is 0.172. The van der Waals surface area contributed by atoms with Crippen LogP contribution in [-0.4, -0.2) is 11.7 Å². The van der Waals surface area contributed by atoms with Gasteiger partial charge in [-0.2, -0.15) is 11.3 Å². The number of aliphatic hydroxyl groups is 1. The van der Waals surface area contributed by atoms with Crippen molar-refractivity contribution < 1.29 is 5.11 Å². The molecule has 1 aromatic heterocycles. The predicted molar refractivity (Wildman–Crippen MR) is 69.9 cm³/mol. The lowest BCUT2D eigenvalue weighted by Gasteiger charge is -2.37. The summed E-state index contributed by atoms with van der Waals surface area (Å²) in [6.07, 6.45) is 2.37. The monoisotopic (exact) mass is 236 g/mol. The summed E-state index contributed by atoms with van der Waals surface area (Å²) >= 11 is 1.76. The van der Waals surface area contributed by atoms with Crippen molar-refractivity contribution in [3.63, 3.8) is 0 Å². The highest BCUT2D eigenvalue weighted by Gasteiger charge is 2.33. The second-order valence-electron chi connectivity index (χ2n) is 5.35. The van der Waals surface area contributed by atoms with Gasteiger partial charge in [-0.15, -0.1) is 0 Å². The Morgan fingerprint density at radius 2 is 2.25 bits per heavy atom. The summed E-state index contributed by atoms with van der Waals surface area (Å²) in [5.41, 5.74) is 4.22. The maximum Gasteiger partial charge on any atom is 0.0649 e. The van der Waals surface area contributed by atoms with Gasteiger partial charge >= 0.3 is 0 Å². The fraction of sp³-hybridized carbons (Fsp3) is 0.571. The Hall–Kier alpha value is -0.600. The first-order valence-corrected chi connectivity index (χ1v) is 6.83. The van der Waals surface area contributed by atoms with Crippen molar-refractivity contribution in [3.8, 4) is 0 Å². The van der Waals surface area contributed by atoms with E-state index in [1.807, 2.05) is 0 Å². The molecular formula is C14H20OS. The molecule has 0 saturated heterocycles. The second kappa shape index (κ2) is 4.34. The number of thiophene rings is 1. The van der Waals surface area contributed by atoms with Crippen molar-refractivity contribution in [2.75, 3.05) is 6.61 Å². The summed E-state index contributed by atoms with van der Waals surface area (Å²) in [6, 6.07) is 2.21. The third kappa shape index (κ3) is 1.96. The van der Waals surface area contributed by atoms with E-state index in [-0.39, 0.29) is 12.0 Å². The van der Waals surface area contributed by atoms with Crippen LogP contribution in [-0.2, 0) is 0 Å². The minimum Gasteiger partial charge on any atom is -0.392 e. The van der Waals surface area contributed by atoms with Crippen molar-refractivity contribution in [1.29, 1.82) is 0 Å². The molecule has 1 heterocycles. The lowest BCUT2D eigenvalue weighted by molar-refractivity contribution is 0.257. The van der Waals surface area contributed by atoms with Gasteiger partial charge in [0.25, 0.3) is 0 Å². The zero-order valence-electron chi connectivity index (χ0n) is 10.3. The van der Waals surface area contributed by atoms with E-state index in [1.54, 1.807) is 11.3 Å².